The van der Waals surface area contributed by atoms with Crippen molar-refractivity contribution in [3.8, 4) is 5.75 Å². The van der Waals surface area contributed by atoms with Crippen molar-refractivity contribution >= 4 is 0 Å². The second kappa shape index (κ2) is 7.88. The number of rotatable bonds is 4. The van der Waals surface area contributed by atoms with Gasteiger partial charge in [0.25, 0.3) is 0 Å². The molecule has 2 heterocycles. The van der Waals surface area contributed by atoms with Crippen molar-refractivity contribution in [1.82, 2.24) is 9.80 Å². The lowest BCUT2D eigenvalue weighted by molar-refractivity contribution is -0.00557. The quantitative estimate of drug-likeness (QED) is 0.852. The highest BCUT2D eigenvalue weighted by Crippen LogP contribution is 2.43. The lowest BCUT2D eigenvalue weighted by Gasteiger charge is -2.53. The Morgan fingerprint density at radius 2 is 1.79 bits per heavy atom. The number of aryl methyl sites for hydroxylation is 1. The van der Waals surface area contributed by atoms with Gasteiger partial charge in [0.15, 0.2) is 0 Å². The predicted molar refractivity (Wildman–Crippen MR) is 116 cm³/mol. The molecule has 2 aliphatic rings. The fraction of sp³-hybridized carbons (Fsp3) is 0.520. The number of piperazine rings is 1. The second-order valence-corrected chi connectivity index (χ2v) is 9.13. The number of fused-ring (bicyclic) bond motifs is 1. The van der Waals surface area contributed by atoms with Crippen molar-refractivity contribution in [2.75, 3.05) is 26.2 Å². The van der Waals surface area contributed by atoms with Gasteiger partial charge in [-0.1, -0.05) is 57.2 Å². The first-order valence-corrected chi connectivity index (χ1v) is 10.8. The molecular formula is C25H34N2O. The molecule has 2 unspecified atom stereocenters. The first-order valence-electron chi connectivity index (χ1n) is 10.8. The topological polar surface area (TPSA) is 26.7 Å². The van der Waals surface area contributed by atoms with Crippen LogP contribution in [0, 0.1) is 5.92 Å². The van der Waals surface area contributed by atoms with Gasteiger partial charge in [0.2, 0.25) is 0 Å². The van der Waals surface area contributed by atoms with Crippen LogP contribution in [0.3, 0.4) is 0 Å². The summed E-state index contributed by atoms with van der Waals surface area (Å²) in [6, 6.07) is 17.7. The third-order valence-corrected chi connectivity index (χ3v) is 7.29. The Labute approximate surface area is 170 Å². The van der Waals surface area contributed by atoms with E-state index in [2.05, 4.69) is 60.9 Å². The predicted octanol–water partition coefficient (Wildman–Crippen LogP) is 4.44. The Morgan fingerprint density at radius 3 is 2.50 bits per heavy atom. The van der Waals surface area contributed by atoms with E-state index in [0.717, 1.165) is 45.6 Å². The summed E-state index contributed by atoms with van der Waals surface area (Å²) in [5.74, 6) is 0.966. The number of nitrogens with zero attached hydrogens (tertiary/aromatic N) is 2. The van der Waals surface area contributed by atoms with Crippen LogP contribution in [0.2, 0.25) is 0 Å². The molecule has 2 saturated heterocycles. The Bertz CT molecular complexity index is 802. The van der Waals surface area contributed by atoms with Crippen LogP contribution in [0.1, 0.15) is 43.9 Å². The molecule has 1 N–H and O–H groups in total. The SMILES string of the molecule is CCc1ccc(CN2CCN3CC(C)[C@](C)(c4cccc(O)c4)CC3C2)cc1. The van der Waals surface area contributed by atoms with Gasteiger partial charge in [-0.15, -0.1) is 0 Å². The van der Waals surface area contributed by atoms with Crippen LogP contribution < -0.4 is 0 Å². The molecule has 28 heavy (non-hydrogen) atoms. The molecule has 0 bridgehead atoms. The molecule has 3 heteroatoms. The van der Waals surface area contributed by atoms with E-state index in [9.17, 15) is 5.11 Å². The first kappa shape index (κ1) is 19.5. The number of phenolic OH excluding ortho intramolecular Hbond substituents is 1. The van der Waals surface area contributed by atoms with E-state index in [1.165, 1.54) is 16.7 Å². The van der Waals surface area contributed by atoms with Gasteiger partial charge < -0.3 is 5.11 Å². The van der Waals surface area contributed by atoms with Gasteiger partial charge in [-0.25, -0.2) is 0 Å². The third-order valence-electron chi connectivity index (χ3n) is 7.29. The Morgan fingerprint density at radius 1 is 1.04 bits per heavy atom. The van der Waals surface area contributed by atoms with E-state index >= 15 is 0 Å². The lowest BCUT2D eigenvalue weighted by atomic mass is 9.65. The van der Waals surface area contributed by atoms with Crippen molar-refractivity contribution in [2.45, 2.75) is 51.6 Å². The molecule has 150 valence electrons. The summed E-state index contributed by atoms with van der Waals surface area (Å²) in [5, 5.41) is 10.0. The van der Waals surface area contributed by atoms with Crippen LogP contribution in [0.25, 0.3) is 0 Å². The van der Waals surface area contributed by atoms with Crippen LogP contribution in [0.15, 0.2) is 48.5 Å². The zero-order chi connectivity index (χ0) is 19.7. The monoisotopic (exact) mass is 378 g/mol. The number of hydrogen-bond acceptors (Lipinski definition) is 3. The van der Waals surface area contributed by atoms with Crippen molar-refractivity contribution in [3.05, 3.63) is 65.2 Å². The lowest BCUT2D eigenvalue weighted by Crippen LogP contribution is -2.60. The molecule has 0 aromatic heterocycles. The van der Waals surface area contributed by atoms with Gasteiger partial charge in [0.1, 0.15) is 5.75 Å². The van der Waals surface area contributed by atoms with Crippen LogP contribution in [-0.2, 0) is 18.4 Å². The molecule has 2 aromatic rings. The number of piperidine rings is 1. The van der Waals surface area contributed by atoms with Crippen LogP contribution in [-0.4, -0.2) is 47.1 Å². The summed E-state index contributed by atoms with van der Waals surface area (Å²) < 4.78 is 0. The maximum atomic E-state index is 10.0. The van der Waals surface area contributed by atoms with E-state index in [0.29, 0.717) is 17.7 Å². The Kier molecular flexibility index (Phi) is 5.48. The molecule has 3 nitrogen and oxygen atoms in total. The minimum absolute atomic E-state index is 0.117. The summed E-state index contributed by atoms with van der Waals surface area (Å²) in [7, 11) is 0. The molecular weight excluding hydrogens is 344 g/mol. The molecule has 2 fully saturated rings. The number of phenols is 1. The molecule has 4 rings (SSSR count). The first-order chi connectivity index (χ1) is 13.5. The summed E-state index contributed by atoms with van der Waals surface area (Å²) >= 11 is 0. The highest BCUT2D eigenvalue weighted by atomic mass is 16.3. The zero-order valence-electron chi connectivity index (χ0n) is 17.6. The molecule has 2 aromatic carbocycles. The summed E-state index contributed by atoms with van der Waals surface area (Å²) in [4.78, 5) is 5.33. The third kappa shape index (κ3) is 3.83. The van der Waals surface area contributed by atoms with Gasteiger partial charge in [0, 0.05) is 38.8 Å². The van der Waals surface area contributed by atoms with Crippen molar-refractivity contribution in [1.29, 1.82) is 0 Å². The largest absolute Gasteiger partial charge is 0.508 e. The van der Waals surface area contributed by atoms with Crippen LogP contribution in [0.5, 0.6) is 5.75 Å². The normalized spacial score (nSPS) is 28.8. The van der Waals surface area contributed by atoms with E-state index in [1.807, 2.05) is 12.1 Å². The van der Waals surface area contributed by atoms with Gasteiger partial charge in [-0.2, -0.15) is 0 Å². The molecule has 0 spiro atoms. The van der Waals surface area contributed by atoms with Crippen LogP contribution >= 0.6 is 0 Å². The maximum Gasteiger partial charge on any atom is 0.115 e. The molecule has 0 saturated carbocycles. The molecule has 0 aliphatic carbocycles. The van der Waals surface area contributed by atoms with E-state index in [4.69, 9.17) is 0 Å². The Hall–Kier alpha value is -1.84. The summed E-state index contributed by atoms with van der Waals surface area (Å²) in [6.45, 7) is 12.6. The molecule has 0 radical (unpaired) electrons. The van der Waals surface area contributed by atoms with Crippen LogP contribution in [0.4, 0.5) is 0 Å². The molecule has 3 atom stereocenters. The maximum absolute atomic E-state index is 10.0. The summed E-state index contributed by atoms with van der Waals surface area (Å²) in [6.07, 6.45) is 2.26. The van der Waals surface area contributed by atoms with Crippen molar-refractivity contribution in [3.63, 3.8) is 0 Å². The van der Waals surface area contributed by atoms with Gasteiger partial charge >= 0.3 is 0 Å². The van der Waals surface area contributed by atoms with E-state index in [1.54, 1.807) is 6.07 Å². The standard InChI is InChI=1S/C25H34N2O/c1-4-20-8-10-21(11-9-20)17-26-12-13-27-16-19(2)25(3,15-23(27)18-26)22-6-5-7-24(28)14-22/h5-11,14,19,23,28H,4,12-13,15-18H2,1-3H3/t19?,23?,25-/m1/s1. The highest BCUT2D eigenvalue weighted by molar-refractivity contribution is 5.34. The van der Waals surface area contributed by atoms with Crippen molar-refractivity contribution in [2.24, 2.45) is 5.92 Å². The van der Waals surface area contributed by atoms with Crippen molar-refractivity contribution < 1.29 is 5.11 Å². The smallest absolute Gasteiger partial charge is 0.115 e. The van der Waals surface area contributed by atoms with Gasteiger partial charge in [-0.05, 0) is 53.0 Å². The van der Waals surface area contributed by atoms with Gasteiger partial charge in [0.05, 0.1) is 0 Å². The highest BCUT2D eigenvalue weighted by Gasteiger charge is 2.44. The van der Waals surface area contributed by atoms with E-state index < -0.39 is 0 Å². The second-order valence-electron chi connectivity index (χ2n) is 9.13. The molecule has 2 aliphatic heterocycles. The van der Waals surface area contributed by atoms with Gasteiger partial charge in [-0.3, -0.25) is 9.80 Å². The molecule has 0 amide bonds. The minimum Gasteiger partial charge on any atom is -0.508 e. The number of benzene rings is 2. The average molecular weight is 379 g/mol. The average Bonchev–Trinajstić information content (AvgIpc) is 2.70. The fourth-order valence-electron chi connectivity index (χ4n) is 5.18. The zero-order valence-corrected chi connectivity index (χ0v) is 17.6. The summed E-state index contributed by atoms with van der Waals surface area (Å²) in [5.41, 5.74) is 4.24. The van der Waals surface area contributed by atoms with E-state index in [-0.39, 0.29) is 5.41 Å². The minimum atomic E-state index is 0.117. The number of aromatic hydroxyl groups is 1. The fourth-order valence-corrected chi connectivity index (χ4v) is 5.18. The Balaban J connectivity index is 1.47. The number of hydrogen-bond donors (Lipinski definition) is 1.